The summed E-state index contributed by atoms with van der Waals surface area (Å²) in [5.41, 5.74) is 5.86. The zero-order valence-electron chi connectivity index (χ0n) is 26.7. The zero-order chi connectivity index (χ0) is 31.3. The molecule has 1 N–H and O–H groups in total. The average molecular weight is 579 g/mol. The number of hydrogen-bond acceptors (Lipinski definition) is 5. The Kier molecular flexibility index (Phi) is 14.7. The molecule has 0 aliphatic rings. The van der Waals surface area contributed by atoms with Gasteiger partial charge in [0, 0.05) is 37.3 Å². The summed E-state index contributed by atoms with van der Waals surface area (Å²) in [4.78, 5) is 31.9. The molecular weight excluding hydrogens is 528 g/mol. The van der Waals surface area contributed by atoms with Gasteiger partial charge in [-0.3, -0.25) is 9.59 Å². The minimum atomic E-state index is -0.222. The minimum absolute atomic E-state index is 0.0741. The van der Waals surface area contributed by atoms with E-state index in [0.29, 0.717) is 12.2 Å². The summed E-state index contributed by atoms with van der Waals surface area (Å²) in [6, 6.07) is 5.95. The smallest absolute Gasteiger partial charge is 0.273 e. The molecule has 6 nitrogen and oxygen atoms in total. The second-order valence-electron chi connectivity index (χ2n) is 11.4. The normalized spacial score (nSPS) is 13.3. The van der Waals surface area contributed by atoms with Crippen molar-refractivity contribution in [3.8, 4) is 0 Å². The van der Waals surface area contributed by atoms with Crippen molar-refractivity contribution in [3.63, 3.8) is 0 Å². The first-order valence-electron chi connectivity index (χ1n) is 13.9. The van der Waals surface area contributed by atoms with Crippen LogP contribution in [-0.2, 0) is 9.59 Å². The van der Waals surface area contributed by atoms with Gasteiger partial charge in [0.25, 0.3) is 11.8 Å². The molecule has 1 aromatic rings. The highest BCUT2D eigenvalue weighted by atomic mass is 32.1. The van der Waals surface area contributed by atoms with Crippen LogP contribution in [0.1, 0.15) is 59.1 Å². The Morgan fingerprint density at radius 3 is 2.29 bits per heavy atom. The topological polar surface area (TPSA) is 55.9 Å². The van der Waals surface area contributed by atoms with Gasteiger partial charge >= 0.3 is 0 Å². The fourth-order valence-corrected chi connectivity index (χ4v) is 4.35. The molecule has 0 atom stereocenters. The quantitative estimate of drug-likeness (QED) is 0.149. The second kappa shape index (κ2) is 16.8. The highest BCUT2D eigenvalue weighted by Crippen LogP contribution is 2.29. The molecule has 0 heterocycles. The Bertz CT molecular complexity index is 1230. The molecule has 41 heavy (non-hydrogen) atoms. The van der Waals surface area contributed by atoms with Crippen LogP contribution in [0.5, 0.6) is 0 Å². The van der Waals surface area contributed by atoms with E-state index >= 15 is 0 Å². The molecule has 0 aliphatic heterocycles. The van der Waals surface area contributed by atoms with Crippen molar-refractivity contribution in [3.05, 3.63) is 94.9 Å². The summed E-state index contributed by atoms with van der Waals surface area (Å²) in [6.45, 7) is 19.5. The minimum Gasteiger partial charge on any atom is -0.355 e. The molecular formula is C34H50N4O2S. The first kappa shape index (κ1) is 35.7. The van der Waals surface area contributed by atoms with Gasteiger partial charge in [0.15, 0.2) is 0 Å². The molecule has 0 aliphatic carbocycles. The number of anilines is 1. The maximum Gasteiger partial charge on any atom is 0.273 e. The summed E-state index contributed by atoms with van der Waals surface area (Å²) in [5.74, 6) is -0.306. The lowest BCUT2D eigenvalue weighted by atomic mass is 9.86. The van der Waals surface area contributed by atoms with E-state index in [4.69, 9.17) is 0 Å². The average Bonchev–Trinajstić information content (AvgIpc) is 2.89. The molecule has 0 spiro atoms. The van der Waals surface area contributed by atoms with Crippen molar-refractivity contribution in [1.82, 2.24) is 15.1 Å². The number of carbonyl (C=O) groups is 2. The molecule has 0 saturated carbocycles. The van der Waals surface area contributed by atoms with Crippen LogP contribution >= 0.6 is 12.6 Å². The summed E-state index contributed by atoms with van der Waals surface area (Å²) >= 11 is 4.23. The van der Waals surface area contributed by atoms with Gasteiger partial charge in [0.1, 0.15) is 0 Å². The van der Waals surface area contributed by atoms with Crippen LogP contribution in [0.4, 0.5) is 5.69 Å². The van der Waals surface area contributed by atoms with E-state index in [9.17, 15) is 9.59 Å². The molecule has 0 bridgehead atoms. The summed E-state index contributed by atoms with van der Waals surface area (Å²) < 4.78 is 0. The number of nitrogens with zero attached hydrogens (tertiary/aromatic N) is 3. The third-order valence-corrected chi connectivity index (χ3v) is 6.80. The second-order valence-corrected chi connectivity index (χ2v) is 11.7. The van der Waals surface area contributed by atoms with E-state index in [1.54, 1.807) is 24.7 Å². The molecule has 0 unspecified atom stereocenters. The van der Waals surface area contributed by atoms with Crippen LogP contribution in [0.25, 0.3) is 5.57 Å². The number of allylic oxidation sites excluding steroid dienone is 7. The number of amides is 2. The predicted octanol–water partition coefficient (Wildman–Crippen LogP) is 7.10. The largest absolute Gasteiger partial charge is 0.355 e. The van der Waals surface area contributed by atoms with Crippen LogP contribution < -0.4 is 10.2 Å². The molecule has 7 heteroatoms. The van der Waals surface area contributed by atoms with Gasteiger partial charge < -0.3 is 20.0 Å². The molecule has 1 aromatic carbocycles. The van der Waals surface area contributed by atoms with E-state index in [0.717, 1.165) is 46.6 Å². The lowest BCUT2D eigenvalue weighted by molar-refractivity contribution is -0.124. The molecule has 0 aromatic heterocycles. The highest BCUT2D eigenvalue weighted by Gasteiger charge is 2.19. The lowest BCUT2D eigenvalue weighted by Crippen LogP contribution is -2.33. The van der Waals surface area contributed by atoms with Crippen molar-refractivity contribution in [2.24, 2.45) is 5.41 Å². The van der Waals surface area contributed by atoms with Crippen LogP contribution in [0, 0.1) is 12.3 Å². The number of hydrogen-bond donors (Lipinski definition) is 2. The number of thiol groups is 1. The zero-order valence-corrected chi connectivity index (χ0v) is 27.6. The van der Waals surface area contributed by atoms with Gasteiger partial charge in [-0.1, -0.05) is 63.8 Å². The Balaban J connectivity index is 3.41. The van der Waals surface area contributed by atoms with Gasteiger partial charge in [-0.15, -0.1) is 0 Å². The van der Waals surface area contributed by atoms with E-state index in [-0.39, 0.29) is 17.2 Å². The van der Waals surface area contributed by atoms with E-state index in [2.05, 4.69) is 50.2 Å². The molecule has 0 saturated heterocycles. The lowest BCUT2D eigenvalue weighted by Gasteiger charge is -2.26. The SMILES string of the molecule is C=C(N/C(C)=C/C)C(=O)N(C)/C=C(\C)c1cccc(N(CCCN(C)C)C(=O)/C=C/C=C(\C=C/S)C(C)(C)C)c1C. The van der Waals surface area contributed by atoms with Crippen LogP contribution in [0.3, 0.4) is 0 Å². The molecule has 0 radical (unpaired) electrons. The third-order valence-electron chi connectivity index (χ3n) is 6.66. The number of nitrogens with one attached hydrogen (secondary N) is 1. The van der Waals surface area contributed by atoms with Crippen molar-refractivity contribution in [1.29, 1.82) is 0 Å². The van der Waals surface area contributed by atoms with Gasteiger partial charge in [0.2, 0.25) is 0 Å². The summed E-state index contributed by atoms with van der Waals surface area (Å²) in [5, 5.41) is 4.73. The predicted molar refractivity (Wildman–Crippen MR) is 180 cm³/mol. The van der Waals surface area contributed by atoms with Crippen LogP contribution in [0.15, 0.2) is 83.7 Å². The highest BCUT2D eigenvalue weighted by molar-refractivity contribution is 7.83. The van der Waals surface area contributed by atoms with Crippen molar-refractivity contribution in [2.45, 2.75) is 54.9 Å². The summed E-state index contributed by atoms with van der Waals surface area (Å²) in [6.07, 6.45) is 11.9. The monoisotopic (exact) mass is 578 g/mol. The molecule has 1 rings (SSSR count). The number of rotatable bonds is 13. The van der Waals surface area contributed by atoms with E-state index in [1.807, 2.05) is 89.2 Å². The molecule has 2 amide bonds. The number of carbonyl (C=O) groups excluding carboxylic acids is 2. The van der Waals surface area contributed by atoms with Crippen molar-refractivity contribution in [2.75, 3.05) is 39.1 Å². The van der Waals surface area contributed by atoms with Crippen LogP contribution in [0.2, 0.25) is 0 Å². The van der Waals surface area contributed by atoms with Gasteiger partial charge in [0.05, 0.1) is 5.70 Å². The fraction of sp³-hybridized carbons (Fsp3) is 0.412. The van der Waals surface area contributed by atoms with Gasteiger partial charge in [-0.05, 0) is 93.9 Å². The molecule has 0 fully saturated rings. The third kappa shape index (κ3) is 11.6. The maximum absolute atomic E-state index is 13.6. The van der Waals surface area contributed by atoms with E-state index in [1.165, 1.54) is 4.90 Å². The van der Waals surface area contributed by atoms with Gasteiger partial charge in [-0.25, -0.2) is 0 Å². The Morgan fingerprint density at radius 2 is 1.73 bits per heavy atom. The van der Waals surface area contributed by atoms with Crippen LogP contribution in [-0.4, -0.2) is 55.8 Å². The Hall–Kier alpha value is -3.29. The van der Waals surface area contributed by atoms with Crippen molar-refractivity contribution < 1.29 is 9.59 Å². The van der Waals surface area contributed by atoms with E-state index < -0.39 is 0 Å². The standard InChI is InChI=1S/C34H50N4O2S/c1-12-26(3)35-28(5)33(40)37(11)24-25(2)30-17-14-18-31(27(30)4)38(22-15-21-36(9)10)32(39)19-13-16-29(20-23-41)34(6,7)8/h12-14,16-20,23-24,35,41H,5,15,21-22H2,1-4,6-11H3/b19-13+,23-20-,25-24+,26-12+,29-16+. The number of benzene rings is 1. The van der Waals surface area contributed by atoms with Crippen molar-refractivity contribution >= 4 is 35.7 Å². The number of likely N-dealkylation sites (N-methyl/N-ethyl adjacent to an activating group) is 1. The fourth-order valence-electron chi connectivity index (χ4n) is 4.19. The molecule has 224 valence electrons. The van der Waals surface area contributed by atoms with Gasteiger partial charge in [-0.2, -0.15) is 12.6 Å². The maximum atomic E-state index is 13.6. The summed E-state index contributed by atoms with van der Waals surface area (Å²) in [7, 11) is 5.77. The Morgan fingerprint density at radius 1 is 1.07 bits per heavy atom. The first-order valence-corrected chi connectivity index (χ1v) is 14.5. The first-order chi connectivity index (χ1) is 19.1. The Labute approximate surface area is 254 Å².